The van der Waals surface area contributed by atoms with E-state index < -0.39 is 29.5 Å². The maximum absolute atomic E-state index is 14.2. The van der Waals surface area contributed by atoms with Crippen LogP contribution in [-0.2, 0) is 20.9 Å². The third-order valence-corrected chi connectivity index (χ3v) is 15.7. The largest absolute Gasteiger partial charge is 0.508 e. The number of ketones is 1. The number of fused-ring (bicyclic) bond motifs is 1. The molecule has 4 atom stereocenters. The van der Waals surface area contributed by atoms with Gasteiger partial charge >= 0.3 is 0 Å². The first kappa shape index (κ1) is 54.9. The minimum atomic E-state index is -0.946. The van der Waals surface area contributed by atoms with E-state index in [1.165, 1.54) is 16.2 Å². The average molecular weight is 1060 g/mol. The fraction of sp³-hybridized carbons (Fsp3) is 0.356. The van der Waals surface area contributed by atoms with E-state index in [0.717, 1.165) is 67.3 Å². The Kier molecular flexibility index (Phi) is 17.7. The molecule has 1 saturated heterocycles. The quantitative estimate of drug-likeness (QED) is 0.0277. The number of amides is 3. The second kappa shape index (κ2) is 24.5. The number of unbranched alkanes of at least 4 members (excludes halogenated alkanes) is 1. The number of aliphatic hydroxyl groups excluding tert-OH is 1. The van der Waals surface area contributed by atoms with Crippen LogP contribution in [0.5, 0.6) is 17.2 Å². The Morgan fingerprint density at radius 2 is 1.63 bits per heavy atom. The molecule has 0 spiro atoms. The molecule has 5 N–H and O–H groups in total. The van der Waals surface area contributed by atoms with Crippen LogP contribution in [0.1, 0.15) is 99.1 Å². The molecule has 4 aromatic carbocycles. The number of phenols is 2. The van der Waals surface area contributed by atoms with E-state index in [-0.39, 0.29) is 61.1 Å². The number of likely N-dealkylation sites (tertiary alicyclic amines) is 1. The molecule has 3 amide bonds. The molecule has 76 heavy (non-hydrogen) atoms. The normalized spacial score (nSPS) is 15.3. The number of carbonyl (C=O) groups excluding carboxylic acids is 4. The number of rotatable bonds is 20. The zero-order valence-corrected chi connectivity index (χ0v) is 45.3. The average Bonchev–Trinajstić information content (AvgIpc) is 4.24. The van der Waals surface area contributed by atoms with Crippen molar-refractivity contribution in [3.05, 3.63) is 137 Å². The topological polar surface area (TPSA) is 199 Å². The van der Waals surface area contributed by atoms with Gasteiger partial charge in [-0.2, -0.15) is 5.10 Å². The van der Waals surface area contributed by atoms with Gasteiger partial charge in [0, 0.05) is 71.2 Å². The highest BCUT2D eigenvalue weighted by Gasteiger charge is 2.44. The Hall–Kier alpha value is -7.36. The Balaban J connectivity index is 0.764. The molecule has 8 rings (SSSR count). The molecular weight excluding hydrogens is 999 g/mol. The maximum Gasteiger partial charge on any atom is 0.246 e. The first-order chi connectivity index (χ1) is 36.4. The number of aromatic hydroxyl groups is 2. The number of β-amino-alcohol motifs (C(OH)–C–C–N with tert-alkyl or cyclic N) is 1. The van der Waals surface area contributed by atoms with Gasteiger partial charge in [-0.25, -0.2) is 4.98 Å². The zero-order valence-electron chi connectivity index (χ0n) is 43.7. The maximum atomic E-state index is 14.2. The number of thiophene rings is 1. The van der Waals surface area contributed by atoms with Crippen molar-refractivity contribution in [1.82, 2.24) is 35.2 Å². The number of likely N-dealkylation sites (N-methyl/N-ethyl adjacent to an activating group) is 1. The molecule has 0 bridgehead atoms. The van der Waals surface area contributed by atoms with Crippen molar-refractivity contribution < 1.29 is 39.2 Å². The van der Waals surface area contributed by atoms with Gasteiger partial charge in [0.15, 0.2) is 5.78 Å². The van der Waals surface area contributed by atoms with Crippen molar-refractivity contribution >= 4 is 56.3 Å². The number of nitrogens with zero attached hydrogens (tertiary/aromatic N) is 5. The summed E-state index contributed by atoms with van der Waals surface area (Å²) in [4.78, 5) is 65.2. The summed E-state index contributed by atoms with van der Waals surface area (Å²) in [5.41, 5.74) is 6.62. The minimum absolute atomic E-state index is 0.0147. The molecule has 396 valence electrons. The SMILES string of the molecule is CCN(CCCC#Cc1cnn(CCC(=O)NC(C(=O)N2CC(O)CC2C(=O)NC(C)c2ccc(-c3scnc3C)cc2)C(C)(C)C)c1)CCOc1ccc(C(=O)c2c(-c3ccc(O)cc3)sc3cc(O)ccc23)cc1. The number of hydrogen-bond acceptors (Lipinski definition) is 13. The Bertz CT molecular complexity index is 3220. The van der Waals surface area contributed by atoms with Gasteiger partial charge in [-0.15, -0.1) is 22.7 Å². The van der Waals surface area contributed by atoms with Crippen LogP contribution in [0.4, 0.5) is 0 Å². The lowest BCUT2D eigenvalue weighted by Crippen LogP contribution is -2.57. The first-order valence-electron chi connectivity index (χ1n) is 25.6. The van der Waals surface area contributed by atoms with Crippen LogP contribution < -0.4 is 15.4 Å². The Labute approximate surface area is 451 Å². The highest BCUT2D eigenvalue weighted by atomic mass is 32.1. The number of aliphatic hydroxyl groups is 1. The van der Waals surface area contributed by atoms with Crippen molar-refractivity contribution in [3.63, 3.8) is 0 Å². The van der Waals surface area contributed by atoms with Gasteiger partial charge in [-0.3, -0.25) is 23.9 Å². The molecule has 3 aromatic heterocycles. The summed E-state index contributed by atoms with van der Waals surface area (Å²) < 4.78 is 8.53. The summed E-state index contributed by atoms with van der Waals surface area (Å²) in [5.74, 6) is 6.06. The lowest BCUT2D eigenvalue weighted by molar-refractivity contribution is -0.144. The van der Waals surface area contributed by atoms with E-state index in [4.69, 9.17) is 4.74 Å². The van der Waals surface area contributed by atoms with Crippen molar-refractivity contribution in [2.45, 2.75) is 98.0 Å². The molecule has 0 saturated carbocycles. The summed E-state index contributed by atoms with van der Waals surface area (Å²) in [6.45, 7) is 14.6. The van der Waals surface area contributed by atoms with Gasteiger partial charge < -0.3 is 40.5 Å². The summed E-state index contributed by atoms with van der Waals surface area (Å²) in [6, 6.07) is 24.6. The van der Waals surface area contributed by atoms with Crippen molar-refractivity contribution in [3.8, 4) is 50.0 Å². The summed E-state index contributed by atoms with van der Waals surface area (Å²) in [5, 5.41) is 41.8. The van der Waals surface area contributed by atoms with Crippen molar-refractivity contribution in [2.75, 3.05) is 32.8 Å². The van der Waals surface area contributed by atoms with E-state index >= 15 is 0 Å². The predicted octanol–water partition coefficient (Wildman–Crippen LogP) is 9.13. The molecule has 1 aliphatic rings. The molecule has 4 heterocycles. The lowest BCUT2D eigenvalue weighted by atomic mass is 9.85. The van der Waals surface area contributed by atoms with E-state index in [2.05, 4.69) is 44.4 Å². The van der Waals surface area contributed by atoms with Gasteiger partial charge in [0.2, 0.25) is 17.7 Å². The number of benzene rings is 4. The van der Waals surface area contributed by atoms with Crippen LogP contribution in [0, 0.1) is 24.2 Å². The third kappa shape index (κ3) is 13.5. The van der Waals surface area contributed by atoms with Crippen LogP contribution in [0.25, 0.3) is 31.0 Å². The van der Waals surface area contributed by atoms with Gasteiger partial charge in [-0.1, -0.05) is 63.8 Å². The van der Waals surface area contributed by atoms with Crippen molar-refractivity contribution in [2.24, 2.45) is 5.41 Å². The van der Waals surface area contributed by atoms with Crippen LogP contribution in [-0.4, -0.2) is 114 Å². The molecule has 7 aromatic rings. The van der Waals surface area contributed by atoms with E-state index in [9.17, 15) is 34.5 Å². The van der Waals surface area contributed by atoms with Gasteiger partial charge in [0.1, 0.15) is 35.9 Å². The fourth-order valence-corrected chi connectivity index (χ4v) is 11.3. The van der Waals surface area contributed by atoms with Crippen LogP contribution in [0.15, 0.2) is 109 Å². The minimum Gasteiger partial charge on any atom is -0.508 e. The van der Waals surface area contributed by atoms with E-state index in [0.29, 0.717) is 36.4 Å². The number of aryl methyl sites for hydroxylation is 2. The van der Waals surface area contributed by atoms with Crippen molar-refractivity contribution in [1.29, 1.82) is 0 Å². The molecule has 17 heteroatoms. The van der Waals surface area contributed by atoms with Crippen LogP contribution >= 0.6 is 22.7 Å². The zero-order chi connectivity index (χ0) is 54.1. The van der Waals surface area contributed by atoms with Crippen LogP contribution in [0.2, 0.25) is 0 Å². The summed E-state index contributed by atoms with van der Waals surface area (Å²) >= 11 is 2.99. The third-order valence-electron chi connectivity index (χ3n) is 13.5. The summed E-state index contributed by atoms with van der Waals surface area (Å²) in [6.07, 6.45) is 4.27. The highest BCUT2D eigenvalue weighted by Crippen LogP contribution is 2.42. The fourth-order valence-electron chi connectivity index (χ4n) is 9.27. The monoisotopic (exact) mass is 1060 g/mol. The number of aromatic nitrogens is 3. The van der Waals surface area contributed by atoms with Gasteiger partial charge in [0.25, 0.3) is 0 Å². The molecule has 0 aliphatic carbocycles. The number of hydrogen-bond donors (Lipinski definition) is 5. The van der Waals surface area contributed by atoms with Crippen LogP contribution in [0.3, 0.4) is 0 Å². The summed E-state index contributed by atoms with van der Waals surface area (Å²) in [7, 11) is 0. The second-order valence-electron chi connectivity index (χ2n) is 20.2. The van der Waals surface area contributed by atoms with E-state index in [1.54, 1.807) is 95.1 Å². The van der Waals surface area contributed by atoms with Gasteiger partial charge in [-0.05, 0) is 122 Å². The lowest BCUT2D eigenvalue weighted by Gasteiger charge is -2.35. The molecule has 0 radical (unpaired) electrons. The number of nitrogens with one attached hydrogen (secondary N) is 2. The molecule has 4 unspecified atom stereocenters. The molecule has 1 fully saturated rings. The second-order valence-corrected chi connectivity index (χ2v) is 22.1. The Morgan fingerprint density at radius 1 is 0.921 bits per heavy atom. The molecule has 15 nitrogen and oxygen atoms in total. The smallest absolute Gasteiger partial charge is 0.246 e. The van der Waals surface area contributed by atoms with Gasteiger partial charge in [0.05, 0.1) is 40.0 Å². The van der Waals surface area contributed by atoms with E-state index in [1.807, 2.05) is 64.4 Å². The number of ether oxygens (including phenoxy) is 1. The first-order valence-corrected chi connectivity index (χ1v) is 27.3. The Morgan fingerprint density at radius 3 is 2.33 bits per heavy atom. The predicted molar refractivity (Wildman–Crippen MR) is 297 cm³/mol. The number of carbonyl (C=O) groups is 4. The highest BCUT2D eigenvalue weighted by molar-refractivity contribution is 7.22. The molecule has 1 aliphatic heterocycles. The number of phenolic OH excluding ortho intramolecular Hbond substituents is 2. The number of thiazole rings is 1. The molecular formula is C59H65N7O8S2. The standard InChI is InChI=1S/C59H65N7O8S2/c1-7-64(29-30-74-47-23-18-41(19-24-47)53(71)52-48-25-22-45(68)32-50(48)76-55(52)43-16-20-44(67)21-17-43)27-10-8-9-11-39-33-61-65(34-39)28-26-51(70)63-56(59(4,5)6)58(73)66-35-46(69)31-49(66)57(72)62-37(2)40-12-14-42(15-13-40)54-38(3)60-36-75-54/h12-25,32-34,36-37,46,49,56,67-69H,7-8,10,26-31,35H2,1-6H3,(H,62,72)(H,63,70).